The quantitative estimate of drug-likeness (QED) is 0.740. The highest BCUT2D eigenvalue weighted by Crippen LogP contribution is 2.13. The molecule has 1 amide bonds. The van der Waals surface area contributed by atoms with Crippen molar-refractivity contribution in [2.45, 2.75) is 19.3 Å². The molecule has 0 fully saturated rings. The van der Waals surface area contributed by atoms with E-state index >= 15 is 0 Å². The molecule has 18 heavy (non-hydrogen) atoms. The number of ether oxygens (including phenoxy) is 1. The van der Waals surface area contributed by atoms with E-state index in [1.165, 1.54) is 0 Å². The van der Waals surface area contributed by atoms with Gasteiger partial charge in [0, 0.05) is 13.0 Å². The maximum Gasteiger partial charge on any atom is 0.220 e. The average Bonchev–Trinajstić information content (AvgIpc) is 2.37. The lowest BCUT2D eigenvalue weighted by molar-refractivity contribution is -0.121. The van der Waals surface area contributed by atoms with Gasteiger partial charge >= 0.3 is 0 Å². The molecule has 102 valence electrons. The van der Waals surface area contributed by atoms with Crippen LogP contribution in [0.1, 0.15) is 18.4 Å². The Balaban J connectivity index is 0.00000289. The maximum absolute atomic E-state index is 11.5. The second-order valence-electron chi connectivity index (χ2n) is 3.84. The van der Waals surface area contributed by atoms with Crippen molar-refractivity contribution in [2.75, 3.05) is 20.2 Å². The molecule has 0 saturated heterocycles. The van der Waals surface area contributed by atoms with E-state index in [1.54, 1.807) is 7.11 Å². The van der Waals surface area contributed by atoms with Crippen LogP contribution in [0.2, 0.25) is 0 Å². The van der Waals surface area contributed by atoms with Gasteiger partial charge in [0.25, 0.3) is 0 Å². The number of rotatable bonds is 7. The molecule has 3 N–H and O–H groups in total. The van der Waals surface area contributed by atoms with Gasteiger partial charge in [0.15, 0.2) is 0 Å². The molecule has 1 aromatic rings. The van der Waals surface area contributed by atoms with Gasteiger partial charge in [-0.2, -0.15) is 0 Å². The molecule has 0 aliphatic heterocycles. The van der Waals surface area contributed by atoms with E-state index < -0.39 is 0 Å². The summed E-state index contributed by atoms with van der Waals surface area (Å²) in [5, 5.41) is 2.83. The van der Waals surface area contributed by atoms with Crippen LogP contribution in [0.5, 0.6) is 5.75 Å². The highest BCUT2D eigenvalue weighted by Gasteiger charge is 2.02. The zero-order chi connectivity index (χ0) is 12.5. The molecular formula is C13H21ClN2O2. The lowest BCUT2D eigenvalue weighted by atomic mass is 10.1. The van der Waals surface area contributed by atoms with Crippen LogP contribution in [0.4, 0.5) is 0 Å². The van der Waals surface area contributed by atoms with Gasteiger partial charge in [0.05, 0.1) is 7.11 Å². The Bertz CT molecular complexity index is 359. The second kappa shape index (κ2) is 9.74. The molecule has 0 aliphatic carbocycles. The molecule has 5 heteroatoms. The van der Waals surface area contributed by atoms with E-state index in [0.29, 0.717) is 19.5 Å². The van der Waals surface area contributed by atoms with E-state index in [0.717, 1.165) is 24.2 Å². The van der Waals surface area contributed by atoms with Crippen LogP contribution in [0, 0.1) is 0 Å². The van der Waals surface area contributed by atoms with Crippen molar-refractivity contribution in [3.8, 4) is 5.75 Å². The smallest absolute Gasteiger partial charge is 0.220 e. The fourth-order valence-corrected chi connectivity index (χ4v) is 1.50. The fraction of sp³-hybridized carbons (Fsp3) is 0.462. The summed E-state index contributed by atoms with van der Waals surface area (Å²) in [7, 11) is 1.64. The lowest BCUT2D eigenvalue weighted by Gasteiger charge is -2.05. The Kier molecular flexibility index (Phi) is 9.06. The van der Waals surface area contributed by atoms with Gasteiger partial charge in [-0.1, -0.05) is 12.1 Å². The SMILES string of the molecule is COc1cccc(CCC(=O)NCCCN)c1.Cl. The van der Waals surface area contributed by atoms with Crippen LogP contribution >= 0.6 is 12.4 Å². The lowest BCUT2D eigenvalue weighted by Crippen LogP contribution is -2.26. The zero-order valence-corrected chi connectivity index (χ0v) is 11.5. The van der Waals surface area contributed by atoms with Crippen molar-refractivity contribution in [1.29, 1.82) is 0 Å². The highest BCUT2D eigenvalue weighted by atomic mass is 35.5. The Hall–Kier alpha value is -1.26. The van der Waals surface area contributed by atoms with Crippen molar-refractivity contribution >= 4 is 18.3 Å². The van der Waals surface area contributed by atoms with Crippen LogP contribution in [0.3, 0.4) is 0 Å². The van der Waals surface area contributed by atoms with E-state index in [4.69, 9.17) is 10.5 Å². The minimum Gasteiger partial charge on any atom is -0.497 e. The van der Waals surface area contributed by atoms with E-state index in [2.05, 4.69) is 5.32 Å². The molecule has 1 aromatic carbocycles. The summed E-state index contributed by atoms with van der Waals surface area (Å²) in [6.45, 7) is 1.27. The van der Waals surface area contributed by atoms with Crippen LogP contribution in [0.15, 0.2) is 24.3 Å². The third-order valence-corrected chi connectivity index (χ3v) is 2.48. The number of hydrogen-bond acceptors (Lipinski definition) is 3. The van der Waals surface area contributed by atoms with Gasteiger partial charge in [0.1, 0.15) is 5.75 Å². The van der Waals surface area contributed by atoms with E-state index in [1.807, 2.05) is 24.3 Å². The monoisotopic (exact) mass is 272 g/mol. The van der Waals surface area contributed by atoms with Crippen molar-refractivity contribution < 1.29 is 9.53 Å². The van der Waals surface area contributed by atoms with Crippen molar-refractivity contribution in [1.82, 2.24) is 5.32 Å². The van der Waals surface area contributed by atoms with Crippen LogP contribution in [0.25, 0.3) is 0 Å². The largest absolute Gasteiger partial charge is 0.497 e. The predicted octanol–water partition coefficient (Wildman–Crippen LogP) is 1.51. The molecule has 0 spiro atoms. The Morgan fingerprint density at radius 1 is 1.44 bits per heavy atom. The number of aryl methyl sites for hydroxylation is 1. The molecule has 4 nitrogen and oxygen atoms in total. The van der Waals surface area contributed by atoms with Gasteiger partial charge in [-0.05, 0) is 37.1 Å². The second-order valence-corrected chi connectivity index (χ2v) is 3.84. The summed E-state index contributed by atoms with van der Waals surface area (Å²) in [6, 6.07) is 7.77. The van der Waals surface area contributed by atoms with Gasteiger partial charge in [0.2, 0.25) is 5.91 Å². The third kappa shape index (κ3) is 6.47. The zero-order valence-electron chi connectivity index (χ0n) is 10.6. The number of benzene rings is 1. The van der Waals surface area contributed by atoms with Gasteiger partial charge in [-0.25, -0.2) is 0 Å². The number of halogens is 1. The minimum atomic E-state index is 0. The summed E-state index contributed by atoms with van der Waals surface area (Å²) in [4.78, 5) is 11.5. The Labute approximate surface area is 114 Å². The van der Waals surface area contributed by atoms with E-state index in [9.17, 15) is 4.79 Å². The summed E-state index contributed by atoms with van der Waals surface area (Å²) < 4.78 is 5.13. The molecule has 0 saturated carbocycles. The minimum absolute atomic E-state index is 0. The van der Waals surface area contributed by atoms with Gasteiger partial charge in [-0.3, -0.25) is 4.79 Å². The maximum atomic E-state index is 11.5. The molecular weight excluding hydrogens is 252 g/mol. The summed E-state index contributed by atoms with van der Waals surface area (Å²) in [5.41, 5.74) is 6.46. The predicted molar refractivity (Wildman–Crippen MR) is 75.2 cm³/mol. The standard InChI is InChI=1S/C13H20N2O2.ClH/c1-17-12-5-2-4-11(10-12)6-7-13(16)15-9-3-8-14;/h2,4-5,10H,3,6-9,14H2,1H3,(H,15,16);1H. The summed E-state index contributed by atoms with van der Waals surface area (Å²) in [5.74, 6) is 0.896. The van der Waals surface area contributed by atoms with Crippen molar-refractivity contribution in [3.05, 3.63) is 29.8 Å². The first-order valence-corrected chi connectivity index (χ1v) is 5.86. The number of nitrogens with one attached hydrogen (secondary N) is 1. The fourth-order valence-electron chi connectivity index (χ4n) is 1.50. The van der Waals surface area contributed by atoms with Crippen molar-refractivity contribution in [3.63, 3.8) is 0 Å². The Morgan fingerprint density at radius 2 is 2.22 bits per heavy atom. The normalized spacial score (nSPS) is 9.44. The summed E-state index contributed by atoms with van der Waals surface area (Å²) in [6.07, 6.45) is 2.05. The molecule has 1 rings (SSSR count). The Morgan fingerprint density at radius 3 is 2.89 bits per heavy atom. The number of hydrogen-bond donors (Lipinski definition) is 2. The number of nitrogens with two attached hydrogens (primary N) is 1. The third-order valence-electron chi connectivity index (χ3n) is 2.48. The van der Waals surface area contributed by atoms with Gasteiger partial charge in [-0.15, -0.1) is 12.4 Å². The van der Waals surface area contributed by atoms with Crippen LogP contribution in [-0.4, -0.2) is 26.1 Å². The van der Waals surface area contributed by atoms with Crippen LogP contribution < -0.4 is 15.8 Å². The first kappa shape index (κ1) is 16.7. The molecule has 0 aliphatic rings. The average molecular weight is 273 g/mol. The highest BCUT2D eigenvalue weighted by molar-refractivity contribution is 5.85. The number of carbonyl (C=O) groups is 1. The number of amides is 1. The van der Waals surface area contributed by atoms with Crippen LogP contribution in [-0.2, 0) is 11.2 Å². The number of methoxy groups -OCH3 is 1. The molecule has 0 heterocycles. The molecule has 0 radical (unpaired) electrons. The first-order valence-electron chi connectivity index (χ1n) is 5.86. The molecule has 0 aromatic heterocycles. The number of carbonyl (C=O) groups excluding carboxylic acids is 1. The molecule has 0 bridgehead atoms. The van der Waals surface area contributed by atoms with Crippen molar-refractivity contribution in [2.24, 2.45) is 5.73 Å². The topological polar surface area (TPSA) is 64.3 Å². The molecule has 0 unspecified atom stereocenters. The van der Waals surface area contributed by atoms with E-state index in [-0.39, 0.29) is 18.3 Å². The van der Waals surface area contributed by atoms with Gasteiger partial charge < -0.3 is 15.8 Å². The first-order chi connectivity index (χ1) is 8.26. The molecule has 0 atom stereocenters. The summed E-state index contributed by atoms with van der Waals surface area (Å²) >= 11 is 0.